The third-order valence-corrected chi connectivity index (χ3v) is 2.42. The highest BCUT2D eigenvalue weighted by Crippen LogP contribution is 2.28. The lowest BCUT2D eigenvalue weighted by Gasteiger charge is -2.20. The van der Waals surface area contributed by atoms with Crippen LogP contribution in [0, 0.1) is 10.1 Å². The molecule has 0 spiro atoms. The Kier molecular flexibility index (Phi) is 4.44. The molecule has 19 heavy (non-hydrogen) atoms. The van der Waals surface area contributed by atoms with Gasteiger partial charge in [0.2, 0.25) is 0 Å². The van der Waals surface area contributed by atoms with Crippen LogP contribution in [0.1, 0.15) is 6.92 Å². The summed E-state index contributed by atoms with van der Waals surface area (Å²) in [6, 6.07) is -1.58. The van der Waals surface area contributed by atoms with E-state index in [4.69, 9.17) is 10.5 Å². The highest BCUT2D eigenvalue weighted by Gasteiger charge is 2.39. The lowest BCUT2D eigenvalue weighted by Crippen LogP contribution is -2.34. The molecule has 8 nitrogen and oxygen atoms in total. The molecule has 0 aliphatic heterocycles. The van der Waals surface area contributed by atoms with Gasteiger partial charge in [-0.3, -0.25) is 10.1 Å². The largest absolute Gasteiger partial charge is 0.491 e. The number of methoxy groups -OCH3 is 1. The second-order valence-electron chi connectivity index (χ2n) is 3.51. The van der Waals surface area contributed by atoms with E-state index in [0.717, 1.165) is 13.2 Å². The van der Waals surface area contributed by atoms with E-state index >= 15 is 0 Å². The number of hydrogen-bond donors (Lipinski definition) is 1. The molecule has 0 aromatic rings. The summed E-state index contributed by atoms with van der Waals surface area (Å²) in [5.41, 5.74) is 4.80. The first kappa shape index (κ1) is 14.5. The Balaban J connectivity index is 3.44. The minimum Gasteiger partial charge on any atom is -0.491 e. The summed E-state index contributed by atoms with van der Waals surface area (Å²) in [5.74, 6) is 0.460. The summed E-state index contributed by atoms with van der Waals surface area (Å²) in [6.45, 7) is 1.77. The number of ether oxygens (including phenoxy) is 2. The van der Waals surface area contributed by atoms with Crippen molar-refractivity contribution < 1.29 is 24.0 Å². The Morgan fingerprint density at radius 1 is 1.63 bits per heavy atom. The molecule has 0 bridgehead atoms. The molecule has 0 fully saturated rings. The quantitative estimate of drug-likeness (QED) is 0.321. The molecule has 1 aliphatic rings. The summed E-state index contributed by atoms with van der Waals surface area (Å²) in [6.07, 6.45) is 1.01. The molecule has 0 aromatic carbocycles. The lowest BCUT2D eigenvalue weighted by molar-refractivity contribution is -0.501. The number of hydrogen-bond acceptors (Lipinski definition) is 7. The van der Waals surface area contributed by atoms with Crippen LogP contribution in [0.15, 0.2) is 28.7 Å². The van der Waals surface area contributed by atoms with Crippen LogP contribution in [-0.4, -0.2) is 36.6 Å². The van der Waals surface area contributed by atoms with Gasteiger partial charge < -0.3 is 15.2 Å². The molecule has 0 radical (unpaired) electrons. The molecule has 1 atom stereocenters. The van der Waals surface area contributed by atoms with Gasteiger partial charge in [-0.05, 0) is 13.0 Å². The molecular weight excluding hydrogens is 256 g/mol. The van der Waals surface area contributed by atoms with Crippen LogP contribution < -0.4 is 5.73 Å². The van der Waals surface area contributed by atoms with Gasteiger partial charge in [0.25, 0.3) is 6.04 Å². The molecule has 1 aliphatic carbocycles. The molecule has 0 aromatic heterocycles. The number of nitro groups is 1. The van der Waals surface area contributed by atoms with Crippen molar-refractivity contribution >= 4 is 11.9 Å². The molecule has 0 amide bonds. The normalized spacial score (nSPS) is 18.5. The molecule has 8 heteroatoms. The van der Waals surface area contributed by atoms with Crippen LogP contribution in [-0.2, 0) is 19.1 Å². The summed E-state index contributed by atoms with van der Waals surface area (Å²) in [7, 11) is 1.13. The van der Waals surface area contributed by atoms with E-state index in [2.05, 4.69) is 4.74 Å². The Bertz CT molecular complexity index is 527. The maximum absolute atomic E-state index is 11.6. The molecule has 0 saturated heterocycles. The molecule has 0 saturated carbocycles. The van der Waals surface area contributed by atoms with Gasteiger partial charge in [-0.1, -0.05) is 0 Å². The lowest BCUT2D eigenvalue weighted by atomic mass is 9.94. The van der Waals surface area contributed by atoms with Crippen molar-refractivity contribution in [2.24, 2.45) is 5.73 Å². The van der Waals surface area contributed by atoms with Gasteiger partial charge in [0, 0.05) is 4.92 Å². The first-order valence-electron chi connectivity index (χ1n) is 5.29. The fraction of sp³-hybridized carbons (Fsp3) is 0.364. The van der Waals surface area contributed by atoms with Gasteiger partial charge >= 0.3 is 5.97 Å². The average molecular weight is 268 g/mol. The molecule has 1 unspecified atom stereocenters. The van der Waals surface area contributed by atoms with E-state index in [0.29, 0.717) is 0 Å². The van der Waals surface area contributed by atoms with Crippen LogP contribution in [0.2, 0.25) is 0 Å². The maximum atomic E-state index is 11.6. The predicted molar refractivity (Wildman–Crippen MR) is 62.9 cm³/mol. The van der Waals surface area contributed by atoms with Crippen molar-refractivity contribution in [1.29, 1.82) is 0 Å². The average Bonchev–Trinajstić information content (AvgIpc) is 2.39. The molecule has 1 rings (SSSR count). The van der Waals surface area contributed by atoms with Gasteiger partial charge in [0.15, 0.2) is 5.76 Å². The Labute approximate surface area is 108 Å². The van der Waals surface area contributed by atoms with Crippen LogP contribution in [0.4, 0.5) is 0 Å². The van der Waals surface area contributed by atoms with Crippen LogP contribution in [0.3, 0.4) is 0 Å². The van der Waals surface area contributed by atoms with Gasteiger partial charge in [-0.15, -0.1) is 0 Å². The van der Waals surface area contributed by atoms with E-state index in [1.807, 2.05) is 0 Å². The maximum Gasteiger partial charge on any atom is 0.341 e. The van der Waals surface area contributed by atoms with Crippen molar-refractivity contribution in [2.45, 2.75) is 13.0 Å². The molecule has 102 valence electrons. The zero-order valence-corrected chi connectivity index (χ0v) is 10.3. The van der Waals surface area contributed by atoms with E-state index in [1.165, 1.54) is 5.94 Å². The monoisotopic (exact) mass is 268 g/mol. The van der Waals surface area contributed by atoms with Crippen molar-refractivity contribution in [3.63, 3.8) is 0 Å². The minimum atomic E-state index is -1.58. The summed E-state index contributed by atoms with van der Waals surface area (Å²) >= 11 is 0. The topological polar surface area (TPSA) is 122 Å². The third kappa shape index (κ3) is 2.63. The summed E-state index contributed by atoms with van der Waals surface area (Å²) < 4.78 is 9.66. The number of carbonyl (C=O) groups is 1. The van der Waals surface area contributed by atoms with E-state index < -0.39 is 16.9 Å². The molecular formula is C11H12N2O6. The second kappa shape index (κ2) is 5.83. The third-order valence-electron chi connectivity index (χ3n) is 2.42. The zero-order valence-electron chi connectivity index (χ0n) is 10.3. The predicted octanol–water partition coefficient (Wildman–Crippen LogP) is -0.290. The van der Waals surface area contributed by atoms with Gasteiger partial charge in [-0.25, -0.2) is 9.59 Å². The van der Waals surface area contributed by atoms with Crippen molar-refractivity contribution in [3.8, 4) is 0 Å². The Hall–Kier alpha value is -2.60. The fourth-order valence-corrected chi connectivity index (χ4v) is 1.63. The first-order valence-corrected chi connectivity index (χ1v) is 5.29. The van der Waals surface area contributed by atoms with Crippen molar-refractivity contribution in [3.05, 3.63) is 38.8 Å². The zero-order chi connectivity index (χ0) is 14.6. The van der Waals surface area contributed by atoms with Crippen molar-refractivity contribution in [1.82, 2.24) is 0 Å². The van der Waals surface area contributed by atoms with Crippen LogP contribution >= 0.6 is 0 Å². The molecule has 2 N–H and O–H groups in total. The smallest absolute Gasteiger partial charge is 0.341 e. The molecule has 0 heterocycles. The summed E-state index contributed by atoms with van der Waals surface area (Å²) in [5, 5.41) is 10.9. The highest BCUT2D eigenvalue weighted by atomic mass is 16.6. The Morgan fingerprint density at radius 3 is 2.68 bits per heavy atom. The standard InChI is InChI=1S/C11H12N2O6/c1-3-19-10-7(11(15)18-2)4-6(5-14)9(8(10)12)13(16)17/h4,9H,3,12H2,1-2H3. The van der Waals surface area contributed by atoms with Gasteiger partial charge in [-0.2, -0.15) is 0 Å². The minimum absolute atomic E-state index is 0.140. The van der Waals surface area contributed by atoms with E-state index in [-0.39, 0.29) is 29.2 Å². The summed E-state index contributed by atoms with van der Waals surface area (Å²) in [4.78, 5) is 32.5. The fourth-order valence-electron chi connectivity index (χ4n) is 1.63. The number of nitrogens with zero attached hydrogens (tertiary/aromatic N) is 1. The van der Waals surface area contributed by atoms with Crippen LogP contribution in [0.5, 0.6) is 0 Å². The SMILES string of the molecule is CCOC1=C(N)C([N+](=O)[O-])C(=C=O)C=C1C(=O)OC. The van der Waals surface area contributed by atoms with Crippen molar-refractivity contribution in [2.75, 3.05) is 13.7 Å². The first-order chi connectivity index (χ1) is 8.97. The number of nitrogens with two attached hydrogens (primary N) is 1. The number of carbonyl (C=O) groups excluding carboxylic acids is 2. The highest BCUT2D eigenvalue weighted by molar-refractivity contribution is 5.95. The Morgan fingerprint density at radius 2 is 2.26 bits per heavy atom. The van der Waals surface area contributed by atoms with Gasteiger partial charge in [0.1, 0.15) is 22.8 Å². The second-order valence-corrected chi connectivity index (χ2v) is 3.51. The number of esters is 1. The van der Waals surface area contributed by atoms with E-state index in [9.17, 15) is 19.7 Å². The van der Waals surface area contributed by atoms with Gasteiger partial charge in [0.05, 0.1) is 13.7 Å². The van der Waals surface area contributed by atoms with E-state index in [1.54, 1.807) is 6.92 Å². The number of rotatable bonds is 4. The van der Waals surface area contributed by atoms with Crippen LogP contribution in [0.25, 0.3) is 0 Å².